The lowest BCUT2D eigenvalue weighted by Crippen LogP contribution is -2.27. The van der Waals surface area contributed by atoms with Crippen LogP contribution in [0.4, 0.5) is 0 Å². The Bertz CT molecular complexity index is 306. The second-order valence-corrected chi connectivity index (χ2v) is 3.21. The minimum Gasteiger partial charge on any atom is -0.329 e. The molecule has 0 saturated carbocycles. The molecule has 1 unspecified atom stereocenters. The summed E-state index contributed by atoms with van der Waals surface area (Å²) in [6, 6.07) is 4.14. The first-order chi connectivity index (χ1) is 6.24. The number of hydrogen-bond donors (Lipinski definition) is 2. The molecular weight excluding hydrogens is 164 g/mol. The van der Waals surface area contributed by atoms with Gasteiger partial charge in [0.1, 0.15) is 0 Å². The smallest absolute Gasteiger partial charge is 0.252 e. The van der Waals surface area contributed by atoms with Gasteiger partial charge in [0.2, 0.25) is 0 Å². The third-order valence-corrected chi connectivity index (χ3v) is 2.15. The molecule has 3 heteroatoms. The summed E-state index contributed by atoms with van der Waals surface area (Å²) in [5.74, 6) is 0. The van der Waals surface area contributed by atoms with E-state index in [2.05, 4.69) is 24.1 Å². The molecule has 1 atom stereocenters. The van der Waals surface area contributed by atoms with Crippen LogP contribution in [0, 0.1) is 0 Å². The van der Waals surface area contributed by atoms with E-state index in [0.29, 0.717) is 12.6 Å². The number of rotatable bonds is 4. The molecule has 1 rings (SSSR count). The van der Waals surface area contributed by atoms with Gasteiger partial charge in [0.05, 0.1) is 0 Å². The summed E-state index contributed by atoms with van der Waals surface area (Å²) in [7, 11) is 0. The summed E-state index contributed by atoms with van der Waals surface area (Å²) in [5, 5.41) is 3.27. The van der Waals surface area contributed by atoms with Crippen molar-refractivity contribution in [3.05, 3.63) is 34.2 Å². The van der Waals surface area contributed by atoms with E-state index in [9.17, 15) is 4.79 Å². The minimum atomic E-state index is -0.00157. The molecule has 0 spiro atoms. The van der Waals surface area contributed by atoms with Crippen molar-refractivity contribution < 1.29 is 0 Å². The zero-order valence-electron chi connectivity index (χ0n) is 8.13. The standard InChI is InChI=1S/C10H16N2O/c1-3-8(2)12-7-9-5-4-6-11-10(9)13/h4-6,8,12H,3,7H2,1-2H3,(H,11,13). The predicted octanol–water partition coefficient (Wildman–Crippen LogP) is 1.26. The zero-order valence-corrected chi connectivity index (χ0v) is 8.13. The van der Waals surface area contributed by atoms with E-state index in [1.165, 1.54) is 0 Å². The van der Waals surface area contributed by atoms with Crippen molar-refractivity contribution in [2.24, 2.45) is 0 Å². The van der Waals surface area contributed by atoms with Crippen molar-refractivity contribution in [1.29, 1.82) is 0 Å². The van der Waals surface area contributed by atoms with Gasteiger partial charge in [-0.05, 0) is 19.4 Å². The van der Waals surface area contributed by atoms with Crippen LogP contribution < -0.4 is 10.9 Å². The van der Waals surface area contributed by atoms with Crippen LogP contribution in [0.25, 0.3) is 0 Å². The number of pyridine rings is 1. The molecular formula is C10H16N2O. The summed E-state index contributed by atoms with van der Waals surface area (Å²) in [4.78, 5) is 13.9. The first-order valence-electron chi connectivity index (χ1n) is 4.64. The van der Waals surface area contributed by atoms with E-state index in [0.717, 1.165) is 12.0 Å². The molecule has 0 amide bonds. The maximum Gasteiger partial charge on any atom is 0.252 e. The molecule has 0 aliphatic carbocycles. The highest BCUT2D eigenvalue weighted by Crippen LogP contribution is 1.92. The van der Waals surface area contributed by atoms with E-state index < -0.39 is 0 Å². The molecule has 1 aromatic heterocycles. The van der Waals surface area contributed by atoms with Gasteiger partial charge in [-0.15, -0.1) is 0 Å². The van der Waals surface area contributed by atoms with Gasteiger partial charge < -0.3 is 10.3 Å². The first-order valence-corrected chi connectivity index (χ1v) is 4.64. The molecule has 1 heterocycles. The Morgan fingerprint density at radius 3 is 3.00 bits per heavy atom. The highest BCUT2D eigenvalue weighted by Gasteiger charge is 2.00. The molecule has 0 radical (unpaired) electrons. The molecule has 72 valence electrons. The maximum absolute atomic E-state index is 11.2. The highest BCUT2D eigenvalue weighted by molar-refractivity contribution is 5.08. The Morgan fingerprint density at radius 1 is 1.62 bits per heavy atom. The summed E-state index contributed by atoms with van der Waals surface area (Å²) >= 11 is 0. The Morgan fingerprint density at radius 2 is 2.38 bits per heavy atom. The van der Waals surface area contributed by atoms with Gasteiger partial charge in [-0.2, -0.15) is 0 Å². The fourth-order valence-electron chi connectivity index (χ4n) is 1.02. The summed E-state index contributed by atoms with van der Waals surface area (Å²) in [6.07, 6.45) is 2.72. The molecule has 3 nitrogen and oxygen atoms in total. The van der Waals surface area contributed by atoms with Crippen LogP contribution in [0.15, 0.2) is 23.1 Å². The Kier molecular flexibility index (Phi) is 3.71. The van der Waals surface area contributed by atoms with Crippen molar-refractivity contribution in [3.8, 4) is 0 Å². The van der Waals surface area contributed by atoms with Gasteiger partial charge in [-0.25, -0.2) is 0 Å². The van der Waals surface area contributed by atoms with Crippen molar-refractivity contribution in [2.75, 3.05) is 0 Å². The van der Waals surface area contributed by atoms with Crippen molar-refractivity contribution >= 4 is 0 Å². The Balaban J connectivity index is 2.55. The third kappa shape index (κ3) is 3.03. The lowest BCUT2D eigenvalue weighted by molar-refractivity contribution is 0.532. The van der Waals surface area contributed by atoms with E-state index in [4.69, 9.17) is 0 Å². The summed E-state index contributed by atoms with van der Waals surface area (Å²) < 4.78 is 0. The van der Waals surface area contributed by atoms with Gasteiger partial charge >= 0.3 is 0 Å². The van der Waals surface area contributed by atoms with Gasteiger partial charge in [0.15, 0.2) is 0 Å². The average molecular weight is 180 g/mol. The average Bonchev–Trinajstić information content (AvgIpc) is 2.16. The van der Waals surface area contributed by atoms with Gasteiger partial charge in [-0.3, -0.25) is 4.79 Å². The highest BCUT2D eigenvalue weighted by atomic mass is 16.1. The van der Waals surface area contributed by atoms with Crippen LogP contribution in [0.1, 0.15) is 25.8 Å². The largest absolute Gasteiger partial charge is 0.329 e. The van der Waals surface area contributed by atoms with Crippen molar-refractivity contribution in [1.82, 2.24) is 10.3 Å². The normalized spacial score (nSPS) is 12.8. The van der Waals surface area contributed by atoms with Crippen molar-refractivity contribution in [3.63, 3.8) is 0 Å². The van der Waals surface area contributed by atoms with Crippen LogP contribution in [0.2, 0.25) is 0 Å². The van der Waals surface area contributed by atoms with Gasteiger partial charge in [-0.1, -0.05) is 13.0 Å². The van der Waals surface area contributed by atoms with E-state index in [1.54, 1.807) is 6.20 Å². The van der Waals surface area contributed by atoms with Crippen LogP contribution in [-0.2, 0) is 6.54 Å². The first kappa shape index (κ1) is 9.99. The number of H-pyrrole nitrogens is 1. The predicted molar refractivity (Wildman–Crippen MR) is 53.7 cm³/mol. The second-order valence-electron chi connectivity index (χ2n) is 3.21. The topological polar surface area (TPSA) is 44.9 Å². The van der Waals surface area contributed by atoms with Crippen LogP contribution in [0.5, 0.6) is 0 Å². The number of nitrogens with one attached hydrogen (secondary N) is 2. The molecule has 2 N–H and O–H groups in total. The fraction of sp³-hybridized carbons (Fsp3) is 0.500. The SMILES string of the molecule is CCC(C)NCc1ccc[nH]c1=O. The van der Waals surface area contributed by atoms with E-state index >= 15 is 0 Å². The molecule has 0 fully saturated rings. The van der Waals surface area contributed by atoms with Gasteiger partial charge in [0.25, 0.3) is 5.56 Å². The maximum atomic E-state index is 11.2. The van der Waals surface area contributed by atoms with E-state index in [-0.39, 0.29) is 5.56 Å². The van der Waals surface area contributed by atoms with Crippen molar-refractivity contribution in [2.45, 2.75) is 32.9 Å². The quantitative estimate of drug-likeness (QED) is 0.732. The summed E-state index contributed by atoms with van der Waals surface area (Å²) in [5.41, 5.74) is 0.793. The number of aromatic nitrogens is 1. The second kappa shape index (κ2) is 4.82. The van der Waals surface area contributed by atoms with Gasteiger partial charge in [0, 0.05) is 24.3 Å². The molecule has 0 aromatic carbocycles. The summed E-state index contributed by atoms with van der Waals surface area (Å²) in [6.45, 7) is 4.87. The molecule has 0 saturated heterocycles. The lowest BCUT2D eigenvalue weighted by Gasteiger charge is -2.09. The van der Waals surface area contributed by atoms with E-state index in [1.807, 2.05) is 12.1 Å². The fourth-order valence-corrected chi connectivity index (χ4v) is 1.02. The Hall–Kier alpha value is -1.09. The molecule has 0 bridgehead atoms. The zero-order chi connectivity index (χ0) is 9.68. The molecule has 13 heavy (non-hydrogen) atoms. The molecule has 1 aromatic rings. The minimum absolute atomic E-state index is 0.00157. The number of hydrogen-bond acceptors (Lipinski definition) is 2. The third-order valence-electron chi connectivity index (χ3n) is 2.15. The monoisotopic (exact) mass is 180 g/mol. The number of aromatic amines is 1. The molecule has 0 aliphatic rings. The Labute approximate surface area is 78.2 Å². The lowest BCUT2D eigenvalue weighted by atomic mass is 10.2. The van der Waals surface area contributed by atoms with Crippen LogP contribution in [0.3, 0.4) is 0 Å². The van der Waals surface area contributed by atoms with Crippen LogP contribution in [-0.4, -0.2) is 11.0 Å². The molecule has 0 aliphatic heterocycles. The van der Waals surface area contributed by atoms with Crippen LogP contribution >= 0.6 is 0 Å².